The van der Waals surface area contributed by atoms with Crippen LogP contribution in [0.1, 0.15) is 40.1 Å². The van der Waals surface area contributed by atoms with E-state index in [4.69, 9.17) is 9.73 Å². The van der Waals surface area contributed by atoms with Crippen LogP contribution in [0, 0.1) is 11.8 Å². The van der Waals surface area contributed by atoms with Gasteiger partial charge in [-0.05, 0) is 67.1 Å². The summed E-state index contributed by atoms with van der Waals surface area (Å²) in [6, 6.07) is 46.6. The highest BCUT2D eigenvalue weighted by Gasteiger charge is 2.60. The van der Waals surface area contributed by atoms with E-state index in [1.807, 2.05) is 0 Å². The molecule has 0 radical (unpaired) electrons. The number of hydrogen-bond acceptors (Lipinski definition) is 4. The molecule has 2 heterocycles. The molecular weight excluding hydrogens is 635 g/mol. The van der Waals surface area contributed by atoms with Gasteiger partial charge in [0.1, 0.15) is 18.2 Å². The summed E-state index contributed by atoms with van der Waals surface area (Å²) in [6.07, 6.45) is 17.5. The minimum Gasteiger partial charge on any atom is -0.366 e. The fourth-order valence-electron chi connectivity index (χ4n) is 9.77. The van der Waals surface area contributed by atoms with E-state index in [9.17, 15) is 0 Å². The lowest BCUT2D eigenvalue weighted by Crippen LogP contribution is -2.56. The SMILES string of the molecule is C1=CC2OC3C=CC=CC3C3(c4ccccc4-c4c(C5=NC(c6ccc7ccccc7c6)NC(c6ccc7ccccc7c6)N5)cccc43)C2C=C1. The van der Waals surface area contributed by atoms with Crippen molar-refractivity contribution in [1.82, 2.24) is 10.6 Å². The van der Waals surface area contributed by atoms with Crippen molar-refractivity contribution in [2.24, 2.45) is 16.8 Å². The van der Waals surface area contributed by atoms with Gasteiger partial charge in [-0.3, -0.25) is 5.32 Å². The van der Waals surface area contributed by atoms with Crippen LogP contribution in [0.25, 0.3) is 32.7 Å². The zero-order valence-electron chi connectivity index (χ0n) is 28.6. The summed E-state index contributed by atoms with van der Waals surface area (Å²) in [5.74, 6) is 1.19. The predicted molar refractivity (Wildman–Crippen MR) is 211 cm³/mol. The largest absolute Gasteiger partial charge is 0.366 e. The van der Waals surface area contributed by atoms with E-state index in [1.54, 1.807) is 0 Å². The minimum absolute atomic E-state index is 0.0195. The van der Waals surface area contributed by atoms with Gasteiger partial charge in [-0.25, -0.2) is 4.99 Å². The average Bonchev–Trinajstić information content (AvgIpc) is 3.51. The molecule has 1 fully saturated rings. The number of hydrogen-bond donors (Lipinski definition) is 2. The number of nitrogens with one attached hydrogen (secondary N) is 2. The third kappa shape index (κ3) is 4.38. The summed E-state index contributed by atoms with van der Waals surface area (Å²) in [6.45, 7) is 0. The van der Waals surface area contributed by atoms with Gasteiger partial charge in [0.2, 0.25) is 0 Å². The molecule has 1 saturated heterocycles. The Kier molecular flexibility index (Phi) is 6.67. The summed E-state index contributed by atoms with van der Waals surface area (Å²) in [4.78, 5) is 5.53. The number of nitrogens with zero attached hydrogens (tertiary/aromatic N) is 1. The van der Waals surface area contributed by atoms with Crippen molar-refractivity contribution in [3.63, 3.8) is 0 Å². The quantitative estimate of drug-likeness (QED) is 0.197. The van der Waals surface area contributed by atoms with Crippen LogP contribution < -0.4 is 10.6 Å². The maximum Gasteiger partial charge on any atom is 0.132 e. The molecule has 11 rings (SSSR count). The molecule has 2 aliphatic heterocycles. The number of ether oxygens (including phenoxy) is 1. The van der Waals surface area contributed by atoms with Crippen molar-refractivity contribution in [1.29, 1.82) is 0 Å². The lowest BCUT2D eigenvalue weighted by molar-refractivity contribution is -0.0808. The third-order valence-corrected chi connectivity index (χ3v) is 12.0. The Morgan fingerprint density at radius 2 is 1.10 bits per heavy atom. The lowest BCUT2D eigenvalue weighted by Gasteiger charge is -2.53. The summed E-state index contributed by atoms with van der Waals surface area (Å²) < 4.78 is 6.82. The maximum absolute atomic E-state index is 6.82. The van der Waals surface area contributed by atoms with Crippen molar-refractivity contribution in [3.8, 4) is 11.1 Å². The van der Waals surface area contributed by atoms with E-state index in [2.05, 4.69) is 187 Å². The first-order chi connectivity index (χ1) is 25.8. The highest BCUT2D eigenvalue weighted by molar-refractivity contribution is 6.07. The highest BCUT2D eigenvalue weighted by Crippen LogP contribution is 2.62. The predicted octanol–water partition coefficient (Wildman–Crippen LogP) is 9.85. The maximum atomic E-state index is 6.82. The van der Waals surface area contributed by atoms with Gasteiger partial charge < -0.3 is 10.1 Å². The first-order valence-corrected chi connectivity index (χ1v) is 18.4. The molecular formula is C48H37N3O. The van der Waals surface area contributed by atoms with Crippen LogP contribution in [0.3, 0.4) is 0 Å². The van der Waals surface area contributed by atoms with E-state index in [1.165, 1.54) is 49.4 Å². The summed E-state index contributed by atoms with van der Waals surface area (Å²) in [5.41, 5.74) is 8.42. The smallest absolute Gasteiger partial charge is 0.132 e. The number of rotatable bonds is 3. The zero-order chi connectivity index (χ0) is 34.2. The molecule has 5 aliphatic rings. The van der Waals surface area contributed by atoms with E-state index in [0.717, 1.165) is 17.0 Å². The van der Waals surface area contributed by atoms with E-state index < -0.39 is 0 Å². The van der Waals surface area contributed by atoms with Gasteiger partial charge in [0.25, 0.3) is 0 Å². The second kappa shape index (κ2) is 11.6. The first kappa shape index (κ1) is 29.9. The van der Waals surface area contributed by atoms with Crippen molar-refractivity contribution >= 4 is 27.4 Å². The van der Waals surface area contributed by atoms with Crippen LogP contribution in [-0.2, 0) is 10.2 Å². The number of benzene rings is 6. The summed E-state index contributed by atoms with van der Waals surface area (Å²) >= 11 is 0. The molecule has 6 unspecified atom stereocenters. The van der Waals surface area contributed by atoms with E-state index in [0.29, 0.717) is 0 Å². The van der Waals surface area contributed by atoms with Gasteiger partial charge in [-0.15, -0.1) is 0 Å². The number of fused-ring (bicyclic) bond motifs is 11. The van der Waals surface area contributed by atoms with Crippen molar-refractivity contribution in [3.05, 3.63) is 204 Å². The molecule has 6 aromatic carbocycles. The Morgan fingerprint density at radius 3 is 1.83 bits per heavy atom. The Balaban J connectivity index is 1.12. The van der Waals surface area contributed by atoms with Gasteiger partial charge in [0, 0.05) is 22.8 Å². The summed E-state index contributed by atoms with van der Waals surface area (Å²) in [5, 5.41) is 12.7. The standard InChI is InChI=1S/C48H37N3O/c1-3-14-32-28-34(26-24-30(32)12-1)45-49-46(35-27-25-31-13-2-4-15-33(31)29-35)51-47(50-45)37-17-11-21-41-44(37)36-16-5-6-18-38(36)48(41)39-19-7-9-22-42(39)52-43-23-10-8-20-40(43)48/h1-29,39-40,42-43,45-46,49H,(H,50,51). The summed E-state index contributed by atoms with van der Waals surface area (Å²) in [7, 11) is 0. The molecule has 4 nitrogen and oxygen atoms in total. The molecule has 0 saturated carbocycles. The molecule has 2 N–H and O–H groups in total. The highest BCUT2D eigenvalue weighted by atomic mass is 16.5. The molecule has 6 aromatic rings. The van der Waals surface area contributed by atoms with Crippen molar-refractivity contribution < 1.29 is 4.74 Å². The Labute approximate surface area is 303 Å². The van der Waals surface area contributed by atoms with Crippen LogP contribution in [-0.4, -0.2) is 18.0 Å². The fraction of sp³-hybridized carbons (Fsp3) is 0.146. The monoisotopic (exact) mass is 671 g/mol. The molecule has 0 bridgehead atoms. The first-order valence-electron chi connectivity index (χ1n) is 18.4. The van der Waals surface area contributed by atoms with Crippen molar-refractivity contribution in [2.45, 2.75) is 30.0 Å². The number of allylic oxidation sites excluding steroid dienone is 4. The minimum atomic E-state index is -0.305. The third-order valence-electron chi connectivity index (χ3n) is 12.0. The Morgan fingerprint density at radius 1 is 0.519 bits per heavy atom. The van der Waals surface area contributed by atoms with Crippen LogP contribution in [0.2, 0.25) is 0 Å². The van der Waals surface area contributed by atoms with Crippen LogP contribution in [0.5, 0.6) is 0 Å². The van der Waals surface area contributed by atoms with E-state index in [-0.39, 0.29) is 41.8 Å². The Bertz CT molecular complexity index is 2540. The molecule has 0 amide bonds. The van der Waals surface area contributed by atoms with Gasteiger partial charge >= 0.3 is 0 Å². The molecule has 3 aliphatic carbocycles. The number of amidine groups is 1. The zero-order valence-corrected chi connectivity index (χ0v) is 28.6. The molecule has 1 spiro atoms. The van der Waals surface area contributed by atoms with E-state index >= 15 is 0 Å². The second-order valence-electron chi connectivity index (χ2n) is 14.6. The second-order valence-corrected chi connectivity index (χ2v) is 14.6. The van der Waals surface area contributed by atoms with Gasteiger partial charge in [-0.1, -0.05) is 164 Å². The van der Waals surface area contributed by atoms with Crippen LogP contribution in [0.15, 0.2) is 181 Å². The molecule has 6 atom stereocenters. The topological polar surface area (TPSA) is 45.6 Å². The molecule has 250 valence electrons. The van der Waals surface area contributed by atoms with Gasteiger partial charge in [0.05, 0.1) is 12.2 Å². The average molecular weight is 672 g/mol. The fourth-order valence-corrected chi connectivity index (χ4v) is 9.77. The van der Waals surface area contributed by atoms with Gasteiger partial charge in [0.15, 0.2) is 0 Å². The molecule has 52 heavy (non-hydrogen) atoms. The van der Waals surface area contributed by atoms with Gasteiger partial charge in [-0.2, -0.15) is 0 Å². The van der Waals surface area contributed by atoms with Crippen LogP contribution in [0.4, 0.5) is 0 Å². The Hall–Kier alpha value is -5.81. The normalized spacial score (nSPS) is 27.9. The van der Waals surface area contributed by atoms with Crippen LogP contribution >= 0.6 is 0 Å². The number of aliphatic imine (C=N–C) groups is 1. The van der Waals surface area contributed by atoms with Crippen molar-refractivity contribution in [2.75, 3.05) is 0 Å². The molecule has 0 aromatic heterocycles. The molecule has 4 heteroatoms. The lowest BCUT2D eigenvalue weighted by atomic mass is 9.55.